The maximum Gasteiger partial charge on any atom is 0.167 e. The van der Waals surface area contributed by atoms with Crippen LogP contribution >= 0.6 is 23.1 Å². The van der Waals surface area contributed by atoms with E-state index in [9.17, 15) is 4.39 Å². The van der Waals surface area contributed by atoms with Crippen LogP contribution in [0.25, 0.3) is 16.7 Å². The first-order valence-corrected chi connectivity index (χ1v) is 9.06. The van der Waals surface area contributed by atoms with Gasteiger partial charge in [-0.05, 0) is 31.2 Å². The molecule has 3 heterocycles. The van der Waals surface area contributed by atoms with Crippen LogP contribution < -0.4 is 0 Å². The molecule has 24 heavy (non-hydrogen) atoms. The minimum atomic E-state index is -0.278. The topological polar surface area (TPSA) is 56.5 Å². The lowest BCUT2D eigenvalue weighted by atomic mass is 10.3. The van der Waals surface area contributed by atoms with Crippen LogP contribution in [0.1, 0.15) is 10.7 Å². The van der Waals surface area contributed by atoms with Gasteiger partial charge in [-0.3, -0.25) is 0 Å². The fourth-order valence-corrected chi connectivity index (χ4v) is 3.90. The number of nitrogens with zero attached hydrogens (tertiary/aromatic N) is 5. The van der Waals surface area contributed by atoms with Crippen LogP contribution in [0.15, 0.2) is 47.2 Å². The number of hydrogen-bond donors (Lipinski definition) is 0. The average molecular weight is 357 g/mol. The predicted molar refractivity (Wildman–Crippen MR) is 93.0 cm³/mol. The molecule has 8 heteroatoms. The van der Waals surface area contributed by atoms with E-state index in [1.54, 1.807) is 46.1 Å². The van der Waals surface area contributed by atoms with E-state index < -0.39 is 0 Å². The largest absolute Gasteiger partial charge is 0.246 e. The van der Waals surface area contributed by atoms with E-state index in [2.05, 4.69) is 25.4 Å². The van der Waals surface area contributed by atoms with Crippen molar-refractivity contribution in [3.05, 3.63) is 58.7 Å². The minimum absolute atomic E-state index is 0.278. The summed E-state index contributed by atoms with van der Waals surface area (Å²) in [7, 11) is 0. The van der Waals surface area contributed by atoms with Gasteiger partial charge in [-0.25, -0.2) is 24.0 Å². The third-order valence-corrected chi connectivity index (χ3v) is 5.28. The molecule has 5 nitrogen and oxygen atoms in total. The highest BCUT2D eigenvalue weighted by Gasteiger charge is 2.12. The Morgan fingerprint density at radius 1 is 1.21 bits per heavy atom. The maximum atomic E-state index is 13.1. The SMILES string of the molecule is Cc1nc(CSc2ncnc3c2cnn3-c2ccc(F)cc2)cs1. The molecule has 0 amide bonds. The Bertz CT molecular complexity index is 993. The van der Waals surface area contributed by atoms with Gasteiger partial charge < -0.3 is 0 Å². The third kappa shape index (κ3) is 2.90. The monoisotopic (exact) mass is 357 g/mol. The van der Waals surface area contributed by atoms with Crippen molar-refractivity contribution in [1.29, 1.82) is 0 Å². The Kier molecular flexibility index (Phi) is 3.99. The van der Waals surface area contributed by atoms with Crippen LogP contribution in [0.4, 0.5) is 4.39 Å². The highest BCUT2D eigenvalue weighted by molar-refractivity contribution is 7.98. The van der Waals surface area contributed by atoms with Gasteiger partial charge in [-0.15, -0.1) is 11.3 Å². The van der Waals surface area contributed by atoms with Crippen molar-refractivity contribution >= 4 is 34.1 Å². The summed E-state index contributed by atoms with van der Waals surface area (Å²) in [5, 5.41) is 9.23. The fraction of sp³-hybridized carbons (Fsp3) is 0.125. The number of aryl methyl sites for hydroxylation is 1. The molecule has 0 spiro atoms. The van der Waals surface area contributed by atoms with Gasteiger partial charge in [0.25, 0.3) is 0 Å². The molecular weight excluding hydrogens is 345 g/mol. The zero-order valence-electron chi connectivity index (χ0n) is 12.7. The zero-order chi connectivity index (χ0) is 16.5. The van der Waals surface area contributed by atoms with Crippen molar-refractivity contribution in [2.75, 3.05) is 0 Å². The summed E-state index contributed by atoms with van der Waals surface area (Å²) in [5.74, 6) is 0.470. The second-order valence-electron chi connectivity index (χ2n) is 5.10. The normalized spacial score (nSPS) is 11.2. The van der Waals surface area contributed by atoms with Crippen molar-refractivity contribution < 1.29 is 4.39 Å². The molecule has 0 fully saturated rings. The molecule has 0 aliphatic heterocycles. The highest BCUT2D eigenvalue weighted by atomic mass is 32.2. The Balaban J connectivity index is 1.67. The van der Waals surface area contributed by atoms with Crippen molar-refractivity contribution in [2.45, 2.75) is 17.7 Å². The highest BCUT2D eigenvalue weighted by Crippen LogP contribution is 2.28. The first kappa shape index (κ1) is 15.2. The van der Waals surface area contributed by atoms with Crippen LogP contribution in [0.5, 0.6) is 0 Å². The molecule has 0 radical (unpaired) electrons. The molecule has 120 valence electrons. The van der Waals surface area contributed by atoms with Crippen molar-refractivity contribution in [2.24, 2.45) is 0 Å². The molecule has 4 rings (SSSR count). The summed E-state index contributed by atoms with van der Waals surface area (Å²) in [5.41, 5.74) is 2.50. The number of fused-ring (bicyclic) bond motifs is 1. The third-order valence-electron chi connectivity index (χ3n) is 3.42. The number of thioether (sulfide) groups is 1. The van der Waals surface area contributed by atoms with E-state index in [0.717, 1.165) is 32.6 Å². The zero-order valence-corrected chi connectivity index (χ0v) is 14.3. The molecular formula is C16H12FN5S2. The van der Waals surface area contributed by atoms with Crippen LogP contribution in [0.2, 0.25) is 0 Å². The number of benzene rings is 1. The van der Waals surface area contributed by atoms with E-state index in [1.165, 1.54) is 18.5 Å². The lowest BCUT2D eigenvalue weighted by Crippen LogP contribution is -1.98. The molecule has 0 atom stereocenters. The molecule has 0 N–H and O–H groups in total. The second kappa shape index (κ2) is 6.29. The molecule has 3 aromatic heterocycles. The molecule has 0 saturated heterocycles. The quantitative estimate of drug-likeness (QED) is 0.408. The van der Waals surface area contributed by atoms with Crippen LogP contribution in [0.3, 0.4) is 0 Å². The Morgan fingerprint density at radius 2 is 2.04 bits per heavy atom. The summed E-state index contributed by atoms with van der Waals surface area (Å²) in [6, 6.07) is 6.16. The van der Waals surface area contributed by atoms with E-state index in [1.807, 2.05) is 6.92 Å². The number of rotatable bonds is 4. The van der Waals surface area contributed by atoms with Crippen molar-refractivity contribution in [3.63, 3.8) is 0 Å². The van der Waals surface area contributed by atoms with Gasteiger partial charge >= 0.3 is 0 Å². The van der Waals surface area contributed by atoms with Crippen LogP contribution in [-0.2, 0) is 5.75 Å². The van der Waals surface area contributed by atoms with Gasteiger partial charge in [-0.1, -0.05) is 11.8 Å². The van der Waals surface area contributed by atoms with Gasteiger partial charge in [0.1, 0.15) is 17.2 Å². The average Bonchev–Trinajstić information content (AvgIpc) is 3.20. The molecule has 0 saturated carbocycles. The molecule has 0 bridgehead atoms. The Hall–Kier alpha value is -2.32. The minimum Gasteiger partial charge on any atom is -0.246 e. The van der Waals surface area contributed by atoms with Gasteiger partial charge in [-0.2, -0.15) is 5.10 Å². The summed E-state index contributed by atoms with van der Waals surface area (Å²) < 4.78 is 14.8. The van der Waals surface area contributed by atoms with Gasteiger partial charge in [0.05, 0.1) is 28.0 Å². The van der Waals surface area contributed by atoms with Gasteiger partial charge in [0.2, 0.25) is 0 Å². The van der Waals surface area contributed by atoms with E-state index >= 15 is 0 Å². The fourth-order valence-electron chi connectivity index (χ4n) is 2.33. The Labute approximate surface area is 145 Å². The van der Waals surface area contributed by atoms with Crippen molar-refractivity contribution in [3.8, 4) is 5.69 Å². The molecule has 0 aliphatic rings. The van der Waals surface area contributed by atoms with E-state index in [0.29, 0.717) is 5.65 Å². The summed E-state index contributed by atoms with van der Waals surface area (Å²) in [6.07, 6.45) is 3.27. The first-order valence-electron chi connectivity index (χ1n) is 7.19. The molecule has 0 aliphatic carbocycles. The summed E-state index contributed by atoms with van der Waals surface area (Å²) in [4.78, 5) is 13.2. The Morgan fingerprint density at radius 3 is 2.79 bits per heavy atom. The van der Waals surface area contributed by atoms with E-state index in [4.69, 9.17) is 0 Å². The second-order valence-corrected chi connectivity index (χ2v) is 7.12. The number of hydrogen-bond acceptors (Lipinski definition) is 6. The lowest BCUT2D eigenvalue weighted by Gasteiger charge is -2.03. The standard InChI is InChI=1S/C16H12FN5S2/c1-10-21-12(7-23-10)8-24-16-14-6-20-22(15(14)18-9-19-16)13-4-2-11(17)3-5-13/h2-7,9H,8H2,1H3. The molecule has 4 aromatic rings. The smallest absolute Gasteiger partial charge is 0.167 e. The van der Waals surface area contributed by atoms with Gasteiger partial charge in [0.15, 0.2) is 5.65 Å². The lowest BCUT2D eigenvalue weighted by molar-refractivity contribution is 0.627. The van der Waals surface area contributed by atoms with Crippen molar-refractivity contribution in [1.82, 2.24) is 24.7 Å². The molecule has 1 aromatic carbocycles. The first-order chi connectivity index (χ1) is 11.7. The number of halogens is 1. The predicted octanol–water partition coefficient (Wildman–Crippen LogP) is 4.01. The molecule has 0 unspecified atom stereocenters. The van der Waals surface area contributed by atoms with Crippen LogP contribution in [0, 0.1) is 12.7 Å². The van der Waals surface area contributed by atoms with E-state index in [-0.39, 0.29) is 5.82 Å². The maximum absolute atomic E-state index is 13.1. The number of aromatic nitrogens is 5. The summed E-state index contributed by atoms with van der Waals surface area (Å²) in [6.45, 7) is 1.99. The van der Waals surface area contributed by atoms with Crippen LogP contribution in [-0.4, -0.2) is 24.7 Å². The summed E-state index contributed by atoms with van der Waals surface area (Å²) >= 11 is 3.25. The van der Waals surface area contributed by atoms with Gasteiger partial charge in [0, 0.05) is 11.1 Å². The number of thiazole rings is 1.